The number of fused-ring (bicyclic) bond motifs is 1. The predicted octanol–water partition coefficient (Wildman–Crippen LogP) is 6.77. The molecule has 2 aromatic carbocycles. The molecule has 1 saturated carbocycles. The Labute approximate surface area is 616 Å². The van der Waals surface area contributed by atoms with Crippen LogP contribution in [0.1, 0.15) is 204 Å². The highest BCUT2D eigenvalue weighted by atomic mass is 16.3. The van der Waals surface area contributed by atoms with Crippen molar-refractivity contribution in [1.29, 1.82) is 0 Å². The molecule has 2 aromatic rings. The van der Waals surface area contributed by atoms with Crippen molar-refractivity contribution in [3.05, 3.63) is 71.8 Å². The molecule has 24 heteroatoms. The Hall–Kier alpha value is -8.02. The van der Waals surface area contributed by atoms with Crippen molar-refractivity contribution >= 4 is 82.1 Å². The van der Waals surface area contributed by atoms with E-state index in [1.807, 2.05) is 66.7 Å². The number of amides is 9. The van der Waals surface area contributed by atoms with Gasteiger partial charge in [-0.3, -0.25) is 67.1 Å². The molecule has 2 heterocycles. The summed E-state index contributed by atoms with van der Waals surface area (Å²) in [6.45, 7) is 23.4. The average Bonchev–Trinajstić information content (AvgIpc) is 1.64. The van der Waals surface area contributed by atoms with Gasteiger partial charge in [-0.25, -0.2) is 0 Å². The third-order valence-corrected chi connectivity index (χ3v) is 21.0. The summed E-state index contributed by atoms with van der Waals surface area (Å²) in [7, 11) is 2.80. The molecule has 104 heavy (non-hydrogen) atoms. The fraction of sp³-hybridized carbons (Fsp3) is 0.675. The molecule has 9 amide bonds. The molecule has 576 valence electrons. The predicted molar refractivity (Wildman–Crippen MR) is 395 cm³/mol. The molecule has 2 saturated heterocycles. The quantitative estimate of drug-likeness (QED) is 0.0967. The number of likely N-dealkylation sites (tertiary alicyclic amines) is 1. The summed E-state index contributed by atoms with van der Waals surface area (Å²) in [5.74, 6) is -14.8. The molecule has 15 atom stereocenters. The van der Waals surface area contributed by atoms with Gasteiger partial charge in [-0.1, -0.05) is 150 Å². The maximum absolute atomic E-state index is 15.1. The summed E-state index contributed by atoms with van der Waals surface area (Å²) in [4.78, 5) is 208. The van der Waals surface area contributed by atoms with Gasteiger partial charge in [0.05, 0.1) is 24.2 Å². The highest BCUT2D eigenvalue weighted by Gasteiger charge is 2.45. The Bertz CT molecular complexity index is 3280. The van der Waals surface area contributed by atoms with Gasteiger partial charge >= 0.3 is 0 Å². The number of carbonyl (C=O) groups is 14. The van der Waals surface area contributed by atoms with Crippen LogP contribution < -0.4 is 31.9 Å². The minimum Gasteiger partial charge on any atom is -0.391 e. The van der Waals surface area contributed by atoms with Gasteiger partial charge in [-0.2, -0.15) is 0 Å². The largest absolute Gasteiger partial charge is 0.391 e. The number of ketones is 5. The van der Waals surface area contributed by atoms with Crippen molar-refractivity contribution in [2.75, 3.05) is 27.2 Å². The Kier molecular flexibility index (Phi) is 34.7. The Balaban J connectivity index is 1.57. The van der Waals surface area contributed by atoms with Crippen LogP contribution in [0.3, 0.4) is 0 Å². The van der Waals surface area contributed by atoms with Gasteiger partial charge in [0.2, 0.25) is 53.2 Å². The summed E-state index contributed by atoms with van der Waals surface area (Å²) >= 11 is 0. The fourth-order valence-electron chi connectivity index (χ4n) is 14.5. The van der Waals surface area contributed by atoms with Crippen molar-refractivity contribution < 1.29 is 72.2 Å². The number of Topliss-reactive ketones (excluding diaryl/α,β-unsaturated/α-hetero) is 5. The lowest BCUT2D eigenvalue weighted by Gasteiger charge is -2.34. The standard InChI is InChI=1S/C80H121N9O15/c1-16-50(10)60-45-67(93)52(12)81-76(100)64(39-48(6)7)87(14)78(102)62(38-47(4)5)83-73(97)56(41-54-27-20-17-21-28-54)43-68(94)70(49(8)9)86-74(98)59-32-26-31-58(59)72(96)61(37-46(2)3)82-77(101)65(42-55-29-22-18-23-30-55)88(15)80(104)71(53(13)90)85-69(95)34-33-66(92)51(11)40-57(91)44-63(84-75(60)99)79(103)89-35-24-19-25-36-89/h17-18,20-23,27-30,46-53,56,58-65,70-71,90H,16,19,24-26,31-45H2,1-15H3,(H,81,100)(H,82,101)(H,83,97)(H,84,99)(H,85,95)(H,86,98)/t50-,51+,52-,53+,56+,58?,59+,60-,61-,62-,63-,64-,65-,70-,71-/m0/s1. The third kappa shape index (κ3) is 25.9. The van der Waals surface area contributed by atoms with Crippen LogP contribution in [-0.4, -0.2) is 184 Å². The minimum atomic E-state index is -1.63. The summed E-state index contributed by atoms with van der Waals surface area (Å²) in [6.07, 6.45) is 0.178. The lowest BCUT2D eigenvalue weighted by Crippen LogP contribution is -2.59. The molecule has 0 bridgehead atoms. The highest BCUT2D eigenvalue weighted by molar-refractivity contribution is 6.01. The summed E-state index contributed by atoms with van der Waals surface area (Å²) in [5, 5.41) is 28.2. The first-order valence-electron chi connectivity index (χ1n) is 38.1. The number of aliphatic hydroxyl groups excluding tert-OH is 1. The van der Waals surface area contributed by atoms with Gasteiger partial charge in [0.15, 0.2) is 17.3 Å². The number of benzene rings is 2. The van der Waals surface area contributed by atoms with Gasteiger partial charge in [-0.15, -0.1) is 0 Å². The first kappa shape index (κ1) is 86.6. The van der Waals surface area contributed by atoms with E-state index in [9.17, 15) is 57.8 Å². The van der Waals surface area contributed by atoms with E-state index in [-0.39, 0.29) is 75.5 Å². The number of rotatable bonds is 15. The zero-order valence-electron chi connectivity index (χ0n) is 64.4. The van der Waals surface area contributed by atoms with Crippen LogP contribution in [0.2, 0.25) is 0 Å². The van der Waals surface area contributed by atoms with E-state index in [4.69, 9.17) is 0 Å². The molecule has 0 aromatic heterocycles. The van der Waals surface area contributed by atoms with Crippen molar-refractivity contribution in [1.82, 2.24) is 46.6 Å². The second-order valence-corrected chi connectivity index (χ2v) is 31.4. The summed E-state index contributed by atoms with van der Waals surface area (Å²) in [6, 6.07) is 7.67. The number of carbonyl (C=O) groups excluding carboxylic acids is 14. The second-order valence-electron chi connectivity index (χ2n) is 31.4. The minimum absolute atomic E-state index is 0.0645. The summed E-state index contributed by atoms with van der Waals surface area (Å²) < 4.78 is 0. The van der Waals surface area contributed by atoms with Crippen LogP contribution in [0.25, 0.3) is 0 Å². The highest BCUT2D eigenvalue weighted by Crippen LogP contribution is 2.35. The van der Waals surface area contributed by atoms with E-state index in [2.05, 4.69) is 31.9 Å². The molecule has 7 N–H and O–H groups in total. The number of hydrogen-bond acceptors (Lipinski definition) is 15. The molecule has 3 aliphatic rings. The van der Waals surface area contributed by atoms with Crippen LogP contribution in [-0.2, 0) is 80.0 Å². The Morgan fingerprint density at radius 2 is 1.06 bits per heavy atom. The van der Waals surface area contributed by atoms with E-state index in [1.165, 1.54) is 39.8 Å². The summed E-state index contributed by atoms with van der Waals surface area (Å²) in [5.41, 5.74) is 1.35. The molecule has 2 aliphatic heterocycles. The molecule has 1 unspecified atom stereocenters. The molecular formula is C80H121N9O15. The molecule has 1 aliphatic carbocycles. The van der Waals surface area contributed by atoms with Crippen LogP contribution in [0.5, 0.6) is 0 Å². The van der Waals surface area contributed by atoms with Gasteiger partial charge in [0.1, 0.15) is 41.8 Å². The maximum atomic E-state index is 15.1. The van der Waals surface area contributed by atoms with Crippen molar-refractivity contribution in [2.45, 2.75) is 260 Å². The number of likely N-dealkylation sites (N-methyl/N-ethyl adjacent to an activating group) is 2. The van der Waals surface area contributed by atoms with E-state index in [0.29, 0.717) is 50.8 Å². The van der Waals surface area contributed by atoms with Gasteiger partial charge < -0.3 is 51.7 Å². The molecule has 0 spiro atoms. The number of nitrogens with one attached hydrogen (secondary N) is 6. The van der Waals surface area contributed by atoms with Crippen molar-refractivity contribution in [3.8, 4) is 0 Å². The van der Waals surface area contributed by atoms with Crippen molar-refractivity contribution in [3.63, 3.8) is 0 Å². The van der Waals surface area contributed by atoms with E-state index in [1.54, 1.807) is 68.1 Å². The first-order chi connectivity index (χ1) is 49.0. The zero-order valence-corrected chi connectivity index (χ0v) is 64.4. The molecular weight excluding hydrogens is 1330 g/mol. The average molecular weight is 1450 g/mol. The monoisotopic (exact) mass is 1450 g/mol. The van der Waals surface area contributed by atoms with Gasteiger partial charge in [0, 0.05) is 102 Å². The third-order valence-electron chi connectivity index (χ3n) is 21.0. The maximum Gasteiger partial charge on any atom is 0.248 e. The first-order valence-corrected chi connectivity index (χ1v) is 38.1. The topological polar surface area (TPSA) is 341 Å². The fourth-order valence-corrected chi connectivity index (χ4v) is 14.5. The van der Waals surface area contributed by atoms with Crippen LogP contribution in [0.15, 0.2) is 60.7 Å². The molecule has 0 radical (unpaired) electrons. The van der Waals surface area contributed by atoms with E-state index >= 15 is 14.4 Å². The number of aliphatic hydroxyl groups is 1. The Morgan fingerprint density at radius 3 is 1.62 bits per heavy atom. The number of piperidine rings is 1. The van der Waals surface area contributed by atoms with E-state index in [0.717, 1.165) is 16.9 Å². The number of hydrogen-bond donors (Lipinski definition) is 7. The lowest BCUT2D eigenvalue weighted by atomic mass is 9.84. The normalized spacial score (nSPS) is 28.0. The van der Waals surface area contributed by atoms with Crippen LogP contribution in [0.4, 0.5) is 0 Å². The number of nitrogens with zero attached hydrogens (tertiary/aromatic N) is 3. The molecule has 24 nitrogen and oxygen atoms in total. The van der Waals surface area contributed by atoms with Gasteiger partial charge in [-0.05, 0) is 112 Å². The Morgan fingerprint density at radius 1 is 0.510 bits per heavy atom. The molecule has 5 rings (SSSR count). The van der Waals surface area contributed by atoms with E-state index < -0.39 is 197 Å². The second kappa shape index (κ2) is 41.6. The van der Waals surface area contributed by atoms with Gasteiger partial charge in [0.25, 0.3) is 0 Å². The van der Waals surface area contributed by atoms with Crippen LogP contribution >= 0.6 is 0 Å². The molecule has 3 fully saturated rings. The lowest BCUT2D eigenvalue weighted by molar-refractivity contribution is -0.145. The zero-order chi connectivity index (χ0) is 77.4. The van der Waals surface area contributed by atoms with Crippen molar-refractivity contribution in [2.24, 2.45) is 59.2 Å². The smallest absolute Gasteiger partial charge is 0.248 e. The van der Waals surface area contributed by atoms with Crippen LogP contribution in [0, 0.1) is 59.2 Å². The SMILES string of the molecule is CC[C@H](C)[C@@H]1CC(=O)[C@H](C)NC(=O)[C@H](CC(C)C)N(C)C(=O)[C@H](CC(C)C)NC(=O)[C@H](Cc2ccccc2)CC(=O)[C@H](C(C)C)NC(=O)[C@@H]2CCCC2C(=O)[C@H](CC(C)C)NC(=O)[C@H](Cc2ccccc2)N(C)C(=O)[C@H]([C@@H](C)O)NC(=O)CCC(=O)[C@H](C)CC(=O)C[C@@H](C(=O)N2CCCCC2)NC1=O.